The average Bonchev–Trinajstić information content (AvgIpc) is 3.03. The zero-order valence-corrected chi connectivity index (χ0v) is 16.3. The molecule has 5 nitrogen and oxygen atoms in total. The molecule has 8 heteroatoms. The zero-order chi connectivity index (χ0) is 18.8. The van der Waals surface area contributed by atoms with Gasteiger partial charge < -0.3 is 5.11 Å². The summed E-state index contributed by atoms with van der Waals surface area (Å²) in [5, 5.41) is 15.8. The Labute approximate surface area is 170 Å². The molecule has 27 heavy (non-hydrogen) atoms. The number of halogens is 2. The molecule has 136 valence electrons. The van der Waals surface area contributed by atoms with Crippen LogP contribution in [0.15, 0.2) is 59.5 Å². The highest BCUT2D eigenvalue weighted by Crippen LogP contribution is 2.29. The van der Waals surface area contributed by atoms with Crippen molar-refractivity contribution in [2.75, 3.05) is 0 Å². The topological polar surface area (TPSA) is 63.3 Å². The van der Waals surface area contributed by atoms with E-state index >= 15 is 0 Å². The Kier molecular flexibility index (Phi) is 5.20. The lowest BCUT2D eigenvalue weighted by Gasteiger charge is -2.04. The van der Waals surface area contributed by atoms with Gasteiger partial charge >= 0.3 is 0 Å². The molecule has 2 aromatic heterocycles. The molecule has 2 heterocycles. The second-order valence-electron chi connectivity index (χ2n) is 5.90. The molecule has 2 aromatic carbocycles. The van der Waals surface area contributed by atoms with E-state index in [0.717, 1.165) is 10.5 Å². The molecule has 4 aromatic rings. The number of benzene rings is 2. The summed E-state index contributed by atoms with van der Waals surface area (Å²) >= 11 is 13.6. The van der Waals surface area contributed by atoms with E-state index in [4.69, 9.17) is 23.2 Å². The average molecular weight is 417 g/mol. The molecule has 0 aliphatic rings. The molecule has 0 radical (unpaired) electrons. The molecule has 0 bridgehead atoms. The van der Waals surface area contributed by atoms with Crippen LogP contribution in [0.2, 0.25) is 10.0 Å². The van der Waals surface area contributed by atoms with E-state index in [0.29, 0.717) is 39.5 Å². The molecular weight excluding hydrogens is 403 g/mol. The molecular formula is C19H14Cl2N4OS. The molecule has 0 fully saturated rings. The molecule has 1 N–H and O–H groups in total. The standard InChI is InChI=1S/C19H14Cl2N4OS/c20-13-7-14(21)9-16(8-13)27-11-15-10-18(26)25-19(22-15)23-17(24-25)6-12-4-2-1-3-5-12/h1-5,7-10,26H,6,11H2. The van der Waals surface area contributed by atoms with Gasteiger partial charge in [0, 0.05) is 33.2 Å². The Morgan fingerprint density at radius 2 is 1.70 bits per heavy atom. The highest BCUT2D eigenvalue weighted by Gasteiger charge is 2.11. The fraction of sp³-hybridized carbons (Fsp3) is 0.105. The zero-order valence-electron chi connectivity index (χ0n) is 14.0. The minimum atomic E-state index is 0.00605. The van der Waals surface area contributed by atoms with Crippen molar-refractivity contribution >= 4 is 40.7 Å². The molecule has 0 saturated carbocycles. The third-order valence-corrected chi connectivity index (χ3v) is 5.26. The quantitative estimate of drug-likeness (QED) is 0.462. The highest BCUT2D eigenvalue weighted by molar-refractivity contribution is 7.98. The number of aromatic hydroxyl groups is 1. The Balaban J connectivity index is 1.55. The molecule has 4 rings (SSSR count). The number of fused-ring (bicyclic) bond motifs is 1. The van der Waals surface area contributed by atoms with Gasteiger partial charge in [0.25, 0.3) is 5.78 Å². The van der Waals surface area contributed by atoms with Gasteiger partial charge in [0.1, 0.15) is 0 Å². The molecule has 0 spiro atoms. The Morgan fingerprint density at radius 1 is 0.963 bits per heavy atom. The molecule has 0 amide bonds. The summed E-state index contributed by atoms with van der Waals surface area (Å²) in [5.41, 5.74) is 1.79. The van der Waals surface area contributed by atoms with Crippen LogP contribution >= 0.6 is 35.0 Å². The lowest BCUT2D eigenvalue weighted by molar-refractivity contribution is 0.434. The number of hydrogen-bond donors (Lipinski definition) is 1. The first-order chi connectivity index (χ1) is 13.1. The van der Waals surface area contributed by atoms with Crippen LogP contribution in [0.3, 0.4) is 0 Å². The number of hydrogen-bond acceptors (Lipinski definition) is 5. The highest BCUT2D eigenvalue weighted by atomic mass is 35.5. The number of nitrogens with zero attached hydrogens (tertiary/aromatic N) is 4. The van der Waals surface area contributed by atoms with Crippen LogP contribution in [0.25, 0.3) is 5.78 Å². The lowest BCUT2D eigenvalue weighted by Crippen LogP contribution is -1.96. The molecule has 0 atom stereocenters. The van der Waals surface area contributed by atoms with E-state index in [1.165, 1.54) is 16.3 Å². The van der Waals surface area contributed by atoms with E-state index in [1.807, 2.05) is 42.5 Å². The van der Waals surface area contributed by atoms with Crippen molar-refractivity contribution in [3.05, 3.63) is 81.7 Å². The fourth-order valence-electron chi connectivity index (χ4n) is 2.64. The largest absolute Gasteiger partial charge is 0.493 e. The van der Waals surface area contributed by atoms with Crippen molar-refractivity contribution in [3.63, 3.8) is 0 Å². The lowest BCUT2D eigenvalue weighted by atomic mass is 10.1. The molecule has 0 aliphatic heterocycles. The second kappa shape index (κ2) is 7.76. The third kappa shape index (κ3) is 4.35. The minimum absolute atomic E-state index is 0.00605. The van der Waals surface area contributed by atoms with E-state index in [2.05, 4.69) is 15.1 Å². The van der Waals surface area contributed by atoms with Crippen LogP contribution in [-0.2, 0) is 12.2 Å². The van der Waals surface area contributed by atoms with E-state index in [-0.39, 0.29) is 5.88 Å². The van der Waals surface area contributed by atoms with Gasteiger partial charge in [0.15, 0.2) is 5.82 Å². The van der Waals surface area contributed by atoms with Crippen molar-refractivity contribution in [1.29, 1.82) is 0 Å². The summed E-state index contributed by atoms with van der Waals surface area (Å²) in [6, 6.07) is 16.9. The van der Waals surface area contributed by atoms with Crippen LogP contribution in [-0.4, -0.2) is 24.7 Å². The minimum Gasteiger partial charge on any atom is -0.493 e. The number of thioether (sulfide) groups is 1. The monoisotopic (exact) mass is 416 g/mol. The van der Waals surface area contributed by atoms with Crippen molar-refractivity contribution < 1.29 is 5.11 Å². The van der Waals surface area contributed by atoms with Crippen molar-refractivity contribution in [2.24, 2.45) is 0 Å². The maximum absolute atomic E-state index is 10.3. The summed E-state index contributed by atoms with van der Waals surface area (Å²) in [4.78, 5) is 9.87. The van der Waals surface area contributed by atoms with Gasteiger partial charge in [-0.1, -0.05) is 53.5 Å². The summed E-state index contributed by atoms with van der Waals surface area (Å²) < 4.78 is 1.35. The maximum atomic E-state index is 10.3. The van der Waals surface area contributed by atoms with Gasteiger partial charge in [-0.05, 0) is 23.8 Å². The smallest absolute Gasteiger partial charge is 0.255 e. The maximum Gasteiger partial charge on any atom is 0.255 e. The Bertz CT molecular complexity index is 1080. The molecule has 0 aliphatic carbocycles. The van der Waals surface area contributed by atoms with Crippen LogP contribution < -0.4 is 0 Å². The van der Waals surface area contributed by atoms with E-state index in [9.17, 15) is 5.11 Å². The van der Waals surface area contributed by atoms with Crippen LogP contribution in [0.5, 0.6) is 5.88 Å². The second-order valence-corrected chi connectivity index (χ2v) is 7.82. The fourth-order valence-corrected chi connectivity index (χ4v) is 4.18. The van der Waals surface area contributed by atoms with E-state index < -0.39 is 0 Å². The predicted octanol–water partition coefficient (Wildman–Crippen LogP) is 5.02. The Hall–Kier alpha value is -2.28. The number of rotatable bonds is 5. The first kappa shape index (κ1) is 18.1. The third-order valence-electron chi connectivity index (χ3n) is 3.82. The van der Waals surface area contributed by atoms with Gasteiger partial charge in [-0.3, -0.25) is 0 Å². The first-order valence-electron chi connectivity index (χ1n) is 8.14. The first-order valence-corrected chi connectivity index (χ1v) is 9.88. The van der Waals surface area contributed by atoms with Gasteiger partial charge in [-0.25, -0.2) is 4.98 Å². The van der Waals surface area contributed by atoms with Crippen molar-refractivity contribution in [2.45, 2.75) is 17.1 Å². The van der Waals surface area contributed by atoms with Gasteiger partial charge in [-0.15, -0.1) is 16.9 Å². The van der Waals surface area contributed by atoms with E-state index in [1.54, 1.807) is 12.1 Å². The SMILES string of the molecule is Oc1cc(CSc2cc(Cl)cc(Cl)c2)nc2nc(Cc3ccccc3)nn12. The van der Waals surface area contributed by atoms with Crippen LogP contribution in [0, 0.1) is 0 Å². The van der Waals surface area contributed by atoms with Gasteiger partial charge in [0.05, 0.1) is 5.69 Å². The summed E-state index contributed by atoms with van der Waals surface area (Å²) in [5.74, 6) is 1.53. The van der Waals surface area contributed by atoms with Crippen LogP contribution in [0.1, 0.15) is 17.1 Å². The van der Waals surface area contributed by atoms with Crippen LogP contribution in [0.4, 0.5) is 0 Å². The van der Waals surface area contributed by atoms with Crippen molar-refractivity contribution in [3.8, 4) is 5.88 Å². The van der Waals surface area contributed by atoms with Crippen molar-refractivity contribution in [1.82, 2.24) is 19.6 Å². The van der Waals surface area contributed by atoms with Gasteiger partial charge in [-0.2, -0.15) is 9.50 Å². The summed E-state index contributed by atoms with van der Waals surface area (Å²) in [6.07, 6.45) is 0.578. The molecule has 0 unspecified atom stereocenters. The summed E-state index contributed by atoms with van der Waals surface area (Å²) in [6.45, 7) is 0. The molecule has 0 saturated heterocycles. The Morgan fingerprint density at radius 3 is 2.44 bits per heavy atom. The summed E-state index contributed by atoms with van der Waals surface area (Å²) in [7, 11) is 0. The predicted molar refractivity (Wildman–Crippen MR) is 108 cm³/mol. The normalized spacial score (nSPS) is 11.2. The van der Waals surface area contributed by atoms with Gasteiger partial charge in [0.2, 0.25) is 5.88 Å². The number of aromatic nitrogens is 4.